The Labute approximate surface area is 187 Å². The van der Waals surface area contributed by atoms with E-state index in [0.717, 1.165) is 68.9 Å². The van der Waals surface area contributed by atoms with Crippen molar-refractivity contribution in [1.82, 2.24) is 20.0 Å². The molecule has 6 nitrogen and oxygen atoms in total. The normalized spacial score (nSPS) is 16.2. The third-order valence-electron chi connectivity index (χ3n) is 6.42. The van der Waals surface area contributed by atoms with Gasteiger partial charge in [0.2, 0.25) is 0 Å². The molecule has 1 amide bonds. The molecule has 0 saturated carbocycles. The molecule has 5 rings (SSSR count). The Morgan fingerprint density at radius 3 is 2.44 bits per heavy atom. The van der Waals surface area contributed by atoms with Crippen LogP contribution >= 0.6 is 0 Å². The van der Waals surface area contributed by atoms with Gasteiger partial charge in [-0.15, -0.1) is 0 Å². The number of anilines is 1. The molecule has 1 aliphatic heterocycles. The van der Waals surface area contributed by atoms with E-state index >= 15 is 0 Å². The Balaban J connectivity index is 1.17. The lowest BCUT2D eigenvalue weighted by Gasteiger charge is -2.36. The van der Waals surface area contributed by atoms with Crippen LogP contribution in [0.3, 0.4) is 0 Å². The van der Waals surface area contributed by atoms with Gasteiger partial charge >= 0.3 is 0 Å². The Bertz CT molecular complexity index is 1070. The van der Waals surface area contributed by atoms with Gasteiger partial charge in [-0.25, -0.2) is 9.07 Å². The second kappa shape index (κ2) is 9.12. The van der Waals surface area contributed by atoms with Crippen LogP contribution in [-0.4, -0.2) is 59.9 Å². The molecule has 1 aliphatic carbocycles. The number of aromatic nitrogens is 2. The first kappa shape index (κ1) is 20.7. The zero-order chi connectivity index (χ0) is 21.9. The van der Waals surface area contributed by atoms with Crippen molar-refractivity contribution in [2.45, 2.75) is 19.3 Å². The number of hydrogen-bond acceptors (Lipinski definition) is 4. The van der Waals surface area contributed by atoms with E-state index in [-0.39, 0.29) is 11.7 Å². The van der Waals surface area contributed by atoms with Crippen LogP contribution in [-0.2, 0) is 12.8 Å². The molecule has 3 aromatic rings. The summed E-state index contributed by atoms with van der Waals surface area (Å²) in [4.78, 5) is 17.7. The van der Waals surface area contributed by atoms with Gasteiger partial charge in [-0.05, 0) is 55.7 Å². The number of nitrogens with one attached hydrogen (secondary N) is 1. The van der Waals surface area contributed by atoms with E-state index in [2.05, 4.69) is 44.5 Å². The van der Waals surface area contributed by atoms with E-state index in [0.29, 0.717) is 12.2 Å². The van der Waals surface area contributed by atoms with Crippen molar-refractivity contribution >= 4 is 11.6 Å². The number of rotatable bonds is 6. The minimum atomic E-state index is -0.278. The summed E-state index contributed by atoms with van der Waals surface area (Å²) in [6.07, 6.45) is 2.76. The number of halogens is 1. The summed E-state index contributed by atoms with van der Waals surface area (Å²) in [6.45, 7) is 5.39. The van der Waals surface area contributed by atoms with Gasteiger partial charge in [0.1, 0.15) is 5.82 Å². The Morgan fingerprint density at radius 1 is 0.938 bits per heavy atom. The maximum atomic E-state index is 13.3. The second-order valence-electron chi connectivity index (χ2n) is 8.44. The fraction of sp³-hybridized carbons (Fsp3) is 0.360. The summed E-state index contributed by atoms with van der Waals surface area (Å²) in [5, 5.41) is 7.67. The number of para-hydroxylation sites is 1. The van der Waals surface area contributed by atoms with Crippen LogP contribution in [0.2, 0.25) is 0 Å². The molecule has 1 saturated heterocycles. The lowest BCUT2D eigenvalue weighted by Crippen LogP contribution is -2.48. The highest BCUT2D eigenvalue weighted by atomic mass is 19.1. The van der Waals surface area contributed by atoms with Crippen LogP contribution in [0.1, 0.15) is 28.2 Å². The monoisotopic (exact) mass is 433 g/mol. The zero-order valence-electron chi connectivity index (χ0n) is 18.1. The number of nitrogens with zero attached hydrogens (tertiary/aromatic N) is 4. The van der Waals surface area contributed by atoms with E-state index < -0.39 is 0 Å². The molecular weight excluding hydrogens is 405 g/mol. The number of carbonyl (C=O) groups is 1. The van der Waals surface area contributed by atoms with Gasteiger partial charge in [0.25, 0.3) is 5.91 Å². The highest BCUT2D eigenvalue weighted by Gasteiger charge is 2.27. The summed E-state index contributed by atoms with van der Waals surface area (Å²) in [5.41, 5.74) is 4.67. The molecule has 0 unspecified atom stereocenters. The average Bonchev–Trinajstić information content (AvgIpc) is 3.44. The average molecular weight is 434 g/mol. The Kier molecular flexibility index (Phi) is 5.90. The molecule has 1 N–H and O–H groups in total. The number of hydrogen-bond donors (Lipinski definition) is 1. The van der Waals surface area contributed by atoms with Gasteiger partial charge in [-0.2, -0.15) is 5.10 Å². The molecular formula is C25H28FN5O. The molecule has 2 heterocycles. The highest BCUT2D eigenvalue weighted by molar-refractivity contribution is 5.94. The molecule has 166 valence electrons. The molecule has 32 heavy (non-hydrogen) atoms. The molecule has 0 atom stereocenters. The van der Waals surface area contributed by atoms with Crippen LogP contribution in [0.25, 0.3) is 5.69 Å². The van der Waals surface area contributed by atoms with Gasteiger partial charge in [0.15, 0.2) is 5.69 Å². The van der Waals surface area contributed by atoms with Crippen molar-refractivity contribution < 1.29 is 9.18 Å². The minimum Gasteiger partial charge on any atom is -0.369 e. The van der Waals surface area contributed by atoms with Gasteiger partial charge in [0, 0.05) is 56.2 Å². The predicted molar refractivity (Wildman–Crippen MR) is 123 cm³/mol. The number of carbonyl (C=O) groups excluding carboxylic acids is 1. The number of benzene rings is 2. The maximum Gasteiger partial charge on any atom is 0.272 e. The van der Waals surface area contributed by atoms with Crippen molar-refractivity contribution in [2.24, 2.45) is 0 Å². The fourth-order valence-corrected chi connectivity index (χ4v) is 4.70. The lowest BCUT2D eigenvalue weighted by molar-refractivity contribution is 0.0941. The topological polar surface area (TPSA) is 53.4 Å². The molecule has 7 heteroatoms. The highest BCUT2D eigenvalue weighted by Crippen LogP contribution is 2.28. The number of amides is 1. The fourth-order valence-electron chi connectivity index (χ4n) is 4.70. The van der Waals surface area contributed by atoms with E-state index in [9.17, 15) is 9.18 Å². The van der Waals surface area contributed by atoms with Gasteiger partial charge in [-0.1, -0.05) is 18.2 Å². The first-order chi connectivity index (χ1) is 15.7. The quantitative estimate of drug-likeness (QED) is 0.649. The van der Waals surface area contributed by atoms with Gasteiger partial charge < -0.3 is 10.2 Å². The summed E-state index contributed by atoms with van der Waals surface area (Å²) in [5.74, 6) is -0.396. The molecule has 1 fully saturated rings. The SMILES string of the molecule is O=C(NCCN1CCN(c2ccccc2)CC1)c1nn(-c2ccc(F)cc2)c2c1CCC2. The summed E-state index contributed by atoms with van der Waals surface area (Å²) < 4.78 is 15.1. The van der Waals surface area contributed by atoms with E-state index in [1.54, 1.807) is 16.8 Å². The number of piperazine rings is 1. The Hall–Kier alpha value is -3.19. The van der Waals surface area contributed by atoms with Crippen molar-refractivity contribution in [3.05, 3.63) is 77.4 Å². The summed E-state index contributed by atoms with van der Waals surface area (Å²) in [6, 6.07) is 16.8. The van der Waals surface area contributed by atoms with Crippen LogP contribution in [0.4, 0.5) is 10.1 Å². The first-order valence-electron chi connectivity index (χ1n) is 11.4. The van der Waals surface area contributed by atoms with E-state index in [1.807, 2.05) is 6.07 Å². The van der Waals surface area contributed by atoms with Crippen LogP contribution in [0, 0.1) is 5.82 Å². The van der Waals surface area contributed by atoms with Crippen molar-refractivity contribution in [2.75, 3.05) is 44.2 Å². The van der Waals surface area contributed by atoms with Crippen molar-refractivity contribution in [3.63, 3.8) is 0 Å². The maximum absolute atomic E-state index is 13.3. The van der Waals surface area contributed by atoms with E-state index in [1.165, 1.54) is 17.8 Å². The largest absolute Gasteiger partial charge is 0.369 e. The molecule has 2 aliphatic rings. The molecule has 1 aromatic heterocycles. The number of fused-ring (bicyclic) bond motifs is 1. The van der Waals surface area contributed by atoms with Crippen molar-refractivity contribution in [1.29, 1.82) is 0 Å². The summed E-state index contributed by atoms with van der Waals surface area (Å²) in [7, 11) is 0. The van der Waals surface area contributed by atoms with Crippen LogP contribution in [0.5, 0.6) is 0 Å². The molecule has 0 radical (unpaired) electrons. The first-order valence-corrected chi connectivity index (χ1v) is 11.4. The smallest absolute Gasteiger partial charge is 0.272 e. The van der Waals surface area contributed by atoms with Crippen molar-refractivity contribution in [3.8, 4) is 5.69 Å². The Morgan fingerprint density at radius 2 is 1.69 bits per heavy atom. The third kappa shape index (κ3) is 4.25. The zero-order valence-corrected chi connectivity index (χ0v) is 18.1. The van der Waals surface area contributed by atoms with E-state index in [4.69, 9.17) is 0 Å². The molecule has 2 aromatic carbocycles. The molecule has 0 spiro atoms. The second-order valence-corrected chi connectivity index (χ2v) is 8.44. The van der Waals surface area contributed by atoms with Gasteiger partial charge in [0.05, 0.1) is 5.69 Å². The predicted octanol–water partition coefficient (Wildman–Crippen LogP) is 3.05. The van der Waals surface area contributed by atoms with Gasteiger partial charge in [-0.3, -0.25) is 9.69 Å². The molecule has 0 bridgehead atoms. The lowest BCUT2D eigenvalue weighted by atomic mass is 10.2. The minimum absolute atomic E-state index is 0.119. The standard InChI is InChI=1S/C25H28FN5O/c26-19-9-11-21(12-10-19)31-23-8-4-7-22(23)24(28-31)25(32)27-13-14-29-15-17-30(18-16-29)20-5-2-1-3-6-20/h1-3,5-6,9-12H,4,7-8,13-18H2,(H,27,32). The van der Waals surface area contributed by atoms with Crippen LogP contribution < -0.4 is 10.2 Å². The third-order valence-corrected chi connectivity index (χ3v) is 6.42. The van der Waals surface area contributed by atoms with Crippen LogP contribution in [0.15, 0.2) is 54.6 Å². The summed E-state index contributed by atoms with van der Waals surface area (Å²) >= 11 is 0.